The average molecular weight is 440 g/mol. The molecule has 0 bridgehead atoms. The molecule has 2 aromatic carbocycles. The molecule has 0 saturated carbocycles. The number of ether oxygens (including phenoxy) is 1. The smallest absolute Gasteiger partial charge is 0.247 e. The number of carbonyl (C=O) groups is 3. The van der Waals surface area contributed by atoms with E-state index in [1.807, 2.05) is 55.5 Å². The van der Waals surface area contributed by atoms with Crippen LogP contribution in [0.4, 0.5) is 11.4 Å². The van der Waals surface area contributed by atoms with Gasteiger partial charge in [0.15, 0.2) is 5.25 Å². The predicted molar refractivity (Wildman–Crippen MR) is 120 cm³/mol. The van der Waals surface area contributed by atoms with Gasteiger partial charge < -0.3 is 20.3 Å². The number of fused-ring (bicyclic) bond motifs is 1. The minimum absolute atomic E-state index is 0.0713. The summed E-state index contributed by atoms with van der Waals surface area (Å²) in [4.78, 5) is 40.8. The molecular formula is C23H25N3O4S. The van der Waals surface area contributed by atoms with Gasteiger partial charge in [-0.2, -0.15) is 0 Å². The van der Waals surface area contributed by atoms with Crippen LogP contribution in [0.15, 0.2) is 53.4 Å². The molecular weight excluding hydrogens is 414 g/mol. The SMILES string of the molecule is CCOc1ccccc1NC(=O)C1CCN(C(=O)C2Sc3ccccc3NC2=O)CC1. The van der Waals surface area contributed by atoms with Crippen molar-refractivity contribution in [1.82, 2.24) is 4.90 Å². The van der Waals surface area contributed by atoms with Crippen molar-refractivity contribution in [3.63, 3.8) is 0 Å². The molecule has 1 atom stereocenters. The lowest BCUT2D eigenvalue weighted by atomic mass is 9.95. The standard InChI is InChI=1S/C23H25N3O4S/c1-2-30-18-9-5-3-7-16(18)24-21(27)15-11-13-26(14-12-15)23(29)20-22(28)25-17-8-4-6-10-19(17)31-20/h3-10,15,20H,2,11-14H2,1H3,(H,24,27)(H,25,28). The normalized spacial score (nSPS) is 18.7. The zero-order chi connectivity index (χ0) is 21.8. The number of carbonyl (C=O) groups excluding carboxylic acids is 3. The number of amides is 3. The number of rotatable bonds is 5. The summed E-state index contributed by atoms with van der Waals surface area (Å²) in [5.74, 6) is -0.101. The number of likely N-dealkylation sites (tertiary alicyclic amines) is 1. The first-order valence-corrected chi connectivity index (χ1v) is 11.3. The van der Waals surface area contributed by atoms with E-state index in [1.54, 1.807) is 4.90 Å². The van der Waals surface area contributed by atoms with Crippen LogP contribution < -0.4 is 15.4 Å². The molecule has 2 heterocycles. The number of hydrogen-bond acceptors (Lipinski definition) is 5. The summed E-state index contributed by atoms with van der Waals surface area (Å²) in [6, 6.07) is 14.8. The van der Waals surface area contributed by atoms with Crippen LogP contribution in [-0.4, -0.2) is 47.6 Å². The Morgan fingerprint density at radius 3 is 2.61 bits per heavy atom. The summed E-state index contributed by atoms with van der Waals surface area (Å²) in [7, 11) is 0. The van der Waals surface area contributed by atoms with E-state index in [0.29, 0.717) is 44.0 Å². The monoisotopic (exact) mass is 439 g/mol. The molecule has 2 aliphatic heterocycles. The number of nitrogens with one attached hydrogen (secondary N) is 2. The van der Waals surface area contributed by atoms with Crippen molar-refractivity contribution in [2.75, 3.05) is 30.3 Å². The lowest BCUT2D eigenvalue weighted by molar-refractivity contribution is -0.136. The highest BCUT2D eigenvalue weighted by atomic mass is 32.2. The first kappa shape index (κ1) is 21.2. The van der Waals surface area contributed by atoms with Crippen molar-refractivity contribution in [3.05, 3.63) is 48.5 Å². The van der Waals surface area contributed by atoms with Crippen molar-refractivity contribution >= 4 is 40.9 Å². The molecule has 0 radical (unpaired) electrons. The van der Waals surface area contributed by atoms with E-state index in [-0.39, 0.29) is 23.6 Å². The minimum Gasteiger partial charge on any atom is -0.492 e. The first-order chi connectivity index (χ1) is 15.1. The Morgan fingerprint density at radius 1 is 1.13 bits per heavy atom. The van der Waals surface area contributed by atoms with Crippen molar-refractivity contribution in [2.45, 2.75) is 29.9 Å². The molecule has 0 spiro atoms. The fraction of sp³-hybridized carbons (Fsp3) is 0.348. The van der Waals surface area contributed by atoms with Crippen LogP contribution >= 0.6 is 11.8 Å². The Morgan fingerprint density at radius 2 is 1.84 bits per heavy atom. The predicted octanol–water partition coefficient (Wildman–Crippen LogP) is 3.38. The number of nitrogens with zero attached hydrogens (tertiary/aromatic N) is 1. The highest BCUT2D eigenvalue weighted by Gasteiger charge is 2.37. The van der Waals surface area contributed by atoms with Gasteiger partial charge in [0, 0.05) is 23.9 Å². The van der Waals surface area contributed by atoms with Crippen LogP contribution in [0.3, 0.4) is 0 Å². The number of piperidine rings is 1. The lowest BCUT2D eigenvalue weighted by Gasteiger charge is -2.34. The van der Waals surface area contributed by atoms with Gasteiger partial charge >= 0.3 is 0 Å². The number of anilines is 2. The van der Waals surface area contributed by atoms with Gasteiger partial charge in [0.25, 0.3) is 0 Å². The largest absolute Gasteiger partial charge is 0.492 e. The van der Waals surface area contributed by atoms with Gasteiger partial charge in [-0.1, -0.05) is 24.3 Å². The Labute approximate surface area is 185 Å². The summed E-state index contributed by atoms with van der Waals surface area (Å²) in [5.41, 5.74) is 1.39. The Balaban J connectivity index is 1.34. The summed E-state index contributed by atoms with van der Waals surface area (Å²) < 4.78 is 5.57. The number of hydrogen-bond donors (Lipinski definition) is 2. The third-order valence-corrected chi connectivity index (χ3v) is 6.74. The molecule has 7 nitrogen and oxygen atoms in total. The van der Waals surface area contributed by atoms with Crippen molar-refractivity contribution in [2.24, 2.45) is 5.92 Å². The van der Waals surface area contributed by atoms with Gasteiger partial charge in [0.2, 0.25) is 17.7 Å². The minimum atomic E-state index is -0.793. The van der Waals surface area contributed by atoms with Crippen LogP contribution in [0.1, 0.15) is 19.8 Å². The summed E-state index contributed by atoms with van der Waals surface area (Å²) in [6.07, 6.45) is 1.12. The lowest BCUT2D eigenvalue weighted by Crippen LogP contribution is -2.48. The van der Waals surface area contributed by atoms with Gasteiger partial charge in [-0.05, 0) is 44.0 Å². The second kappa shape index (κ2) is 9.43. The summed E-state index contributed by atoms with van der Waals surface area (Å²) >= 11 is 1.29. The quantitative estimate of drug-likeness (QED) is 0.698. The van der Waals surface area contributed by atoms with E-state index in [1.165, 1.54) is 11.8 Å². The summed E-state index contributed by atoms with van der Waals surface area (Å²) in [6.45, 7) is 3.32. The number of para-hydroxylation sites is 3. The van der Waals surface area contributed by atoms with Crippen molar-refractivity contribution < 1.29 is 19.1 Å². The highest BCUT2D eigenvalue weighted by Crippen LogP contribution is 2.36. The maximum atomic E-state index is 13.0. The van der Waals surface area contributed by atoms with Gasteiger partial charge in [-0.3, -0.25) is 14.4 Å². The second-order valence-corrected chi connectivity index (χ2v) is 8.65. The van der Waals surface area contributed by atoms with E-state index >= 15 is 0 Å². The molecule has 31 heavy (non-hydrogen) atoms. The molecule has 1 saturated heterocycles. The molecule has 2 N–H and O–H groups in total. The van der Waals surface area contributed by atoms with Crippen LogP contribution in [0.25, 0.3) is 0 Å². The Kier molecular flexibility index (Phi) is 6.46. The molecule has 1 unspecified atom stereocenters. The van der Waals surface area contributed by atoms with Crippen LogP contribution in [-0.2, 0) is 14.4 Å². The zero-order valence-electron chi connectivity index (χ0n) is 17.3. The van der Waals surface area contributed by atoms with Gasteiger partial charge in [0.1, 0.15) is 5.75 Å². The van der Waals surface area contributed by atoms with Crippen LogP contribution in [0.2, 0.25) is 0 Å². The van der Waals surface area contributed by atoms with Gasteiger partial charge in [0.05, 0.1) is 18.0 Å². The van der Waals surface area contributed by atoms with E-state index in [2.05, 4.69) is 10.6 Å². The molecule has 8 heteroatoms. The average Bonchev–Trinajstić information content (AvgIpc) is 2.79. The molecule has 3 amide bonds. The van der Waals surface area contributed by atoms with E-state index in [9.17, 15) is 14.4 Å². The topological polar surface area (TPSA) is 87.7 Å². The molecule has 0 aromatic heterocycles. The molecule has 2 aliphatic rings. The van der Waals surface area contributed by atoms with Gasteiger partial charge in [-0.15, -0.1) is 11.8 Å². The maximum absolute atomic E-state index is 13.0. The number of benzene rings is 2. The van der Waals surface area contributed by atoms with Crippen LogP contribution in [0.5, 0.6) is 5.75 Å². The van der Waals surface area contributed by atoms with E-state index < -0.39 is 5.25 Å². The fourth-order valence-corrected chi connectivity index (χ4v) is 4.90. The van der Waals surface area contributed by atoms with Crippen molar-refractivity contribution in [1.29, 1.82) is 0 Å². The fourth-order valence-electron chi connectivity index (χ4n) is 3.83. The maximum Gasteiger partial charge on any atom is 0.247 e. The second-order valence-electron chi connectivity index (χ2n) is 7.50. The molecule has 4 rings (SSSR count). The molecule has 162 valence electrons. The Bertz CT molecular complexity index is 988. The molecule has 1 fully saturated rings. The van der Waals surface area contributed by atoms with E-state index in [0.717, 1.165) is 10.6 Å². The third kappa shape index (κ3) is 4.69. The summed E-state index contributed by atoms with van der Waals surface area (Å²) in [5, 5.41) is 4.98. The van der Waals surface area contributed by atoms with E-state index in [4.69, 9.17) is 4.74 Å². The van der Waals surface area contributed by atoms with Crippen LogP contribution in [0, 0.1) is 5.92 Å². The highest BCUT2D eigenvalue weighted by molar-refractivity contribution is 8.01. The first-order valence-electron chi connectivity index (χ1n) is 10.4. The molecule has 0 aliphatic carbocycles. The van der Waals surface area contributed by atoms with Crippen molar-refractivity contribution in [3.8, 4) is 5.75 Å². The zero-order valence-corrected chi connectivity index (χ0v) is 18.1. The van der Waals surface area contributed by atoms with Gasteiger partial charge in [-0.25, -0.2) is 0 Å². The number of thioether (sulfide) groups is 1. The Hall–Kier alpha value is -3.00. The molecule has 2 aromatic rings. The third-order valence-electron chi connectivity index (χ3n) is 5.47.